The predicted octanol–water partition coefficient (Wildman–Crippen LogP) is 3.94. The summed E-state index contributed by atoms with van der Waals surface area (Å²) in [5, 5.41) is 22.0. The van der Waals surface area contributed by atoms with Gasteiger partial charge < -0.3 is 5.11 Å². The van der Waals surface area contributed by atoms with Crippen molar-refractivity contribution < 1.29 is 29.2 Å². The van der Waals surface area contributed by atoms with Gasteiger partial charge in [0.05, 0.1) is 33.7 Å². The number of nitro benzene ring substituents is 1. The summed E-state index contributed by atoms with van der Waals surface area (Å²) in [4.78, 5) is 62.4. The van der Waals surface area contributed by atoms with E-state index in [0.717, 1.165) is 15.5 Å². The molecule has 178 valence electrons. The number of rotatable bonds is 5. The summed E-state index contributed by atoms with van der Waals surface area (Å²) in [6.45, 7) is 1.20. The summed E-state index contributed by atoms with van der Waals surface area (Å²) in [5.41, 5.74) is 1.03. The standard InChI is InChI=1S/C26H17N3O7/c1-14(30)28-21-11-10-17(29(35)36)12-20(21)22(26(28)34)23(31)16-8-6-15(7-9-16)13-27-24(32)18-4-2-3-5-19(18)25(27)33/h2-12,34H,13H2,1H3. The molecule has 5 rings (SSSR count). The van der Waals surface area contributed by atoms with E-state index in [2.05, 4.69) is 0 Å². The number of aromatic nitrogens is 1. The lowest BCUT2D eigenvalue weighted by molar-refractivity contribution is -0.384. The van der Waals surface area contributed by atoms with Gasteiger partial charge in [-0.25, -0.2) is 0 Å². The minimum Gasteiger partial charge on any atom is -0.494 e. The van der Waals surface area contributed by atoms with Crippen molar-refractivity contribution in [2.24, 2.45) is 0 Å². The van der Waals surface area contributed by atoms with E-state index < -0.39 is 34.3 Å². The Bertz CT molecular complexity index is 1600. The van der Waals surface area contributed by atoms with Gasteiger partial charge in [-0.3, -0.25) is 38.8 Å². The monoisotopic (exact) mass is 483 g/mol. The van der Waals surface area contributed by atoms with Crippen LogP contribution in [0.4, 0.5) is 5.69 Å². The third-order valence-electron chi connectivity index (χ3n) is 6.11. The van der Waals surface area contributed by atoms with Gasteiger partial charge in [-0.2, -0.15) is 0 Å². The van der Waals surface area contributed by atoms with Crippen LogP contribution in [-0.2, 0) is 6.54 Å². The summed E-state index contributed by atoms with van der Waals surface area (Å²) < 4.78 is 0.920. The Morgan fingerprint density at radius 1 is 0.944 bits per heavy atom. The van der Waals surface area contributed by atoms with Crippen molar-refractivity contribution in [3.8, 4) is 5.88 Å². The minimum absolute atomic E-state index is 0.00189. The molecule has 4 aromatic rings. The van der Waals surface area contributed by atoms with E-state index in [1.807, 2.05) is 0 Å². The zero-order chi connectivity index (χ0) is 25.7. The minimum atomic E-state index is -0.648. The van der Waals surface area contributed by atoms with Gasteiger partial charge in [0.25, 0.3) is 17.5 Å². The molecule has 0 saturated heterocycles. The van der Waals surface area contributed by atoms with E-state index >= 15 is 0 Å². The van der Waals surface area contributed by atoms with Crippen LogP contribution < -0.4 is 0 Å². The Labute approximate surface area is 203 Å². The SMILES string of the molecule is CC(=O)n1c(O)c(C(=O)c2ccc(CN3C(=O)c4ccccc4C3=O)cc2)c2cc([N+](=O)[O-])ccc21. The summed E-state index contributed by atoms with van der Waals surface area (Å²) in [5.74, 6) is -2.64. The molecule has 2 amide bonds. The van der Waals surface area contributed by atoms with E-state index in [0.29, 0.717) is 16.7 Å². The maximum Gasteiger partial charge on any atom is 0.270 e. The first kappa shape index (κ1) is 22.7. The first-order valence-corrected chi connectivity index (χ1v) is 10.8. The largest absolute Gasteiger partial charge is 0.494 e. The Morgan fingerprint density at radius 2 is 1.56 bits per heavy atom. The smallest absolute Gasteiger partial charge is 0.270 e. The molecule has 0 unspecified atom stereocenters. The fraction of sp³-hybridized carbons (Fsp3) is 0.0769. The highest BCUT2D eigenvalue weighted by Gasteiger charge is 2.35. The molecule has 1 aliphatic heterocycles. The van der Waals surface area contributed by atoms with E-state index in [9.17, 15) is 34.4 Å². The molecule has 0 radical (unpaired) electrons. The maximum atomic E-state index is 13.3. The van der Waals surface area contributed by atoms with Crippen LogP contribution in [-0.4, -0.2) is 43.0 Å². The lowest BCUT2D eigenvalue weighted by Crippen LogP contribution is -2.29. The summed E-state index contributed by atoms with van der Waals surface area (Å²) in [6.07, 6.45) is 0. The van der Waals surface area contributed by atoms with Crippen molar-refractivity contribution in [1.29, 1.82) is 0 Å². The molecule has 1 N–H and O–H groups in total. The van der Waals surface area contributed by atoms with Crippen LogP contribution in [0.25, 0.3) is 10.9 Å². The fourth-order valence-corrected chi connectivity index (χ4v) is 4.39. The molecule has 0 aliphatic carbocycles. The molecule has 2 heterocycles. The average molecular weight is 483 g/mol. The normalized spacial score (nSPS) is 12.8. The zero-order valence-electron chi connectivity index (χ0n) is 18.8. The van der Waals surface area contributed by atoms with Crippen LogP contribution in [0.5, 0.6) is 5.88 Å². The first-order chi connectivity index (χ1) is 17.2. The molecule has 1 aromatic heterocycles. The Kier molecular flexibility index (Phi) is 5.21. The van der Waals surface area contributed by atoms with E-state index in [-0.39, 0.29) is 34.3 Å². The van der Waals surface area contributed by atoms with E-state index in [4.69, 9.17) is 0 Å². The number of aromatic hydroxyl groups is 1. The van der Waals surface area contributed by atoms with Gasteiger partial charge in [-0.05, 0) is 23.8 Å². The molecule has 0 bridgehead atoms. The number of non-ortho nitro benzene ring substituents is 1. The van der Waals surface area contributed by atoms with E-state index in [1.54, 1.807) is 36.4 Å². The van der Waals surface area contributed by atoms with Crippen LogP contribution >= 0.6 is 0 Å². The predicted molar refractivity (Wildman–Crippen MR) is 127 cm³/mol. The fourth-order valence-electron chi connectivity index (χ4n) is 4.39. The topological polar surface area (TPSA) is 140 Å². The van der Waals surface area contributed by atoms with Crippen molar-refractivity contribution in [3.63, 3.8) is 0 Å². The molecule has 3 aromatic carbocycles. The van der Waals surface area contributed by atoms with Crippen LogP contribution in [0.3, 0.4) is 0 Å². The van der Waals surface area contributed by atoms with Gasteiger partial charge in [0.15, 0.2) is 5.78 Å². The van der Waals surface area contributed by atoms with Gasteiger partial charge in [-0.15, -0.1) is 0 Å². The molecule has 0 atom stereocenters. The third-order valence-corrected chi connectivity index (χ3v) is 6.11. The third kappa shape index (κ3) is 3.43. The van der Waals surface area contributed by atoms with Crippen molar-refractivity contribution >= 4 is 40.1 Å². The Hall–Kier alpha value is -5.12. The number of hydrogen-bond donors (Lipinski definition) is 1. The number of nitro groups is 1. The molecule has 10 heteroatoms. The first-order valence-electron chi connectivity index (χ1n) is 10.8. The second kappa shape index (κ2) is 8.27. The van der Waals surface area contributed by atoms with Gasteiger partial charge in [0, 0.05) is 30.0 Å². The highest BCUT2D eigenvalue weighted by molar-refractivity contribution is 6.21. The van der Waals surface area contributed by atoms with Crippen LogP contribution in [0, 0.1) is 10.1 Å². The molecular weight excluding hydrogens is 466 g/mol. The highest BCUT2D eigenvalue weighted by atomic mass is 16.6. The van der Waals surface area contributed by atoms with E-state index in [1.165, 1.54) is 31.2 Å². The van der Waals surface area contributed by atoms with Crippen molar-refractivity contribution in [1.82, 2.24) is 9.47 Å². The number of nitrogens with zero attached hydrogens (tertiary/aromatic N) is 3. The lowest BCUT2D eigenvalue weighted by Gasteiger charge is -2.14. The van der Waals surface area contributed by atoms with Crippen LogP contribution in [0.1, 0.15) is 53.9 Å². The maximum absolute atomic E-state index is 13.3. The molecular formula is C26H17N3O7. The average Bonchev–Trinajstić information content (AvgIpc) is 3.29. The second-order valence-corrected chi connectivity index (χ2v) is 8.28. The Morgan fingerprint density at radius 3 is 2.11 bits per heavy atom. The van der Waals surface area contributed by atoms with Crippen molar-refractivity contribution in [3.05, 3.63) is 105 Å². The van der Waals surface area contributed by atoms with Crippen molar-refractivity contribution in [2.45, 2.75) is 13.5 Å². The lowest BCUT2D eigenvalue weighted by atomic mass is 10.0. The summed E-state index contributed by atoms with van der Waals surface area (Å²) >= 11 is 0. The number of amides is 2. The summed E-state index contributed by atoms with van der Waals surface area (Å²) in [6, 6.07) is 16.2. The quantitative estimate of drug-likeness (QED) is 0.196. The highest BCUT2D eigenvalue weighted by Crippen LogP contribution is 2.35. The van der Waals surface area contributed by atoms with Gasteiger partial charge in [0.1, 0.15) is 0 Å². The van der Waals surface area contributed by atoms with Gasteiger partial charge >= 0.3 is 0 Å². The van der Waals surface area contributed by atoms with Crippen LogP contribution in [0.2, 0.25) is 0 Å². The molecule has 1 aliphatic rings. The number of imide groups is 1. The molecule has 36 heavy (non-hydrogen) atoms. The number of hydrogen-bond acceptors (Lipinski definition) is 7. The van der Waals surface area contributed by atoms with Gasteiger partial charge in [0.2, 0.25) is 11.8 Å². The number of carbonyl (C=O) groups is 4. The number of fused-ring (bicyclic) bond motifs is 2. The summed E-state index contributed by atoms with van der Waals surface area (Å²) in [7, 11) is 0. The molecule has 0 fully saturated rings. The zero-order valence-corrected chi connectivity index (χ0v) is 18.8. The second-order valence-electron chi connectivity index (χ2n) is 8.28. The Balaban J connectivity index is 1.48. The number of carbonyl (C=O) groups excluding carboxylic acids is 4. The number of benzene rings is 3. The van der Waals surface area contributed by atoms with Crippen molar-refractivity contribution in [2.75, 3.05) is 0 Å². The van der Waals surface area contributed by atoms with Gasteiger partial charge in [-0.1, -0.05) is 36.4 Å². The molecule has 10 nitrogen and oxygen atoms in total. The number of ketones is 1. The molecule has 0 saturated carbocycles. The van der Waals surface area contributed by atoms with Crippen LogP contribution in [0.15, 0.2) is 66.7 Å². The molecule has 0 spiro atoms.